The predicted octanol–water partition coefficient (Wildman–Crippen LogP) is -1.90. The molecule has 0 aliphatic carbocycles. The van der Waals surface area contributed by atoms with Crippen LogP contribution < -0.4 is 17.1 Å². The summed E-state index contributed by atoms with van der Waals surface area (Å²) in [5, 5.41) is 2.32. The third kappa shape index (κ3) is 0.791. The van der Waals surface area contributed by atoms with Crippen LogP contribution >= 0.6 is 12.2 Å². The Bertz CT molecular complexity index is 113. The van der Waals surface area contributed by atoms with Gasteiger partial charge in [0.05, 0.1) is 6.54 Å². The molecule has 5 N–H and O–H groups in total. The van der Waals surface area contributed by atoms with Crippen LogP contribution in [0.4, 0.5) is 0 Å². The normalized spacial score (nSPS) is 22.8. The highest BCUT2D eigenvalue weighted by atomic mass is 32.1. The first-order valence-electron chi connectivity index (χ1n) is 2.07. The van der Waals surface area contributed by atoms with Gasteiger partial charge in [-0.25, -0.2) is 22.2 Å². The molecule has 0 amide bonds. The molecule has 0 aromatic heterocycles. The Morgan fingerprint density at radius 1 is 1.62 bits per heavy atom. The molecule has 0 spiro atoms. The van der Waals surface area contributed by atoms with Crippen molar-refractivity contribution < 1.29 is 0 Å². The van der Waals surface area contributed by atoms with Gasteiger partial charge in [-0.05, 0) is 0 Å². The first-order valence-corrected chi connectivity index (χ1v) is 2.48. The molecule has 46 valence electrons. The summed E-state index contributed by atoms with van der Waals surface area (Å²) in [6.45, 7) is 0.544. The van der Waals surface area contributed by atoms with Crippen LogP contribution in [0, 0.1) is 0 Å². The van der Waals surface area contributed by atoms with Crippen molar-refractivity contribution in [2.45, 2.75) is 0 Å². The molecule has 1 fully saturated rings. The van der Waals surface area contributed by atoms with Gasteiger partial charge < -0.3 is 0 Å². The summed E-state index contributed by atoms with van der Waals surface area (Å²) >= 11 is 4.74. The number of nitrogens with two attached hydrogens (primary N) is 2. The van der Waals surface area contributed by atoms with E-state index >= 15 is 0 Å². The third-order valence-corrected chi connectivity index (χ3v) is 1.21. The Hall–Kier alpha value is -0.270. The van der Waals surface area contributed by atoms with Crippen molar-refractivity contribution in [3.63, 3.8) is 0 Å². The molecule has 0 saturated carbocycles. The maximum atomic E-state index is 5.25. The van der Waals surface area contributed by atoms with Gasteiger partial charge in [-0.1, -0.05) is 17.4 Å². The zero-order valence-electron chi connectivity index (χ0n) is 4.16. The van der Waals surface area contributed by atoms with Crippen LogP contribution in [0.15, 0.2) is 0 Å². The summed E-state index contributed by atoms with van der Waals surface area (Å²) in [5.41, 5.74) is 2.69. The second kappa shape index (κ2) is 1.92. The highest BCUT2D eigenvalue weighted by Crippen LogP contribution is 1.90. The Morgan fingerprint density at radius 3 is 2.38 bits per heavy atom. The van der Waals surface area contributed by atoms with Gasteiger partial charge in [0.25, 0.3) is 0 Å². The summed E-state index contributed by atoms with van der Waals surface area (Å²) in [6, 6.07) is 0. The topological polar surface area (TPSA) is 70.5 Å². The van der Waals surface area contributed by atoms with Gasteiger partial charge in [-0.2, -0.15) is 0 Å². The maximum absolute atomic E-state index is 5.25. The number of hydrogen-bond donors (Lipinski definition) is 3. The summed E-state index contributed by atoms with van der Waals surface area (Å²) in [7, 11) is 0. The summed E-state index contributed by atoms with van der Waals surface area (Å²) in [6.07, 6.45) is 0. The van der Waals surface area contributed by atoms with E-state index in [1.807, 2.05) is 0 Å². The van der Waals surface area contributed by atoms with Crippen molar-refractivity contribution in [3.05, 3.63) is 0 Å². The van der Waals surface area contributed by atoms with Crippen LogP contribution in [0.5, 0.6) is 0 Å². The standard InChI is InChI=1S/C2H7N5S/c3-6-2(8)1-5-7(6)4/h5H,1,3-4H2. The van der Waals surface area contributed by atoms with Gasteiger partial charge in [-0.3, -0.25) is 0 Å². The Labute approximate surface area is 52.1 Å². The van der Waals surface area contributed by atoms with Gasteiger partial charge in [-0.15, -0.1) is 0 Å². The molecular weight excluding hydrogens is 126 g/mol. The van der Waals surface area contributed by atoms with Crippen molar-refractivity contribution >= 4 is 17.2 Å². The fourth-order valence-corrected chi connectivity index (χ4v) is 0.578. The lowest BCUT2D eigenvalue weighted by atomic mass is 10.7. The largest absolute Gasteiger partial charge is 0.235 e. The molecule has 1 aliphatic rings. The molecule has 0 radical (unpaired) electrons. The Balaban J connectivity index is 2.56. The molecular formula is C2H7N5S. The lowest BCUT2D eigenvalue weighted by Gasteiger charge is -2.16. The quantitative estimate of drug-likeness (QED) is 0.265. The van der Waals surface area contributed by atoms with Crippen LogP contribution in [-0.2, 0) is 0 Å². The molecule has 0 atom stereocenters. The van der Waals surface area contributed by atoms with E-state index < -0.39 is 0 Å². The SMILES string of the molecule is NN1NCC(=S)N1N. The number of thiocarbonyl (C=S) groups is 1. The van der Waals surface area contributed by atoms with Gasteiger partial charge >= 0.3 is 0 Å². The lowest BCUT2D eigenvalue weighted by molar-refractivity contribution is 0.0261. The number of nitrogens with zero attached hydrogens (tertiary/aromatic N) is 2. The molecule has 8 heavy (non-hydrogen) atoms. The fourth-order valence-electron chi connectivity index (χ4n) is 0.426. The molecule has 1 rings (SSSR count). The van der Waals surface area contributed by atoms with Crippen molar-refractivity contribution in [2.24, 2.45) is 11.7 Å². The smallest absolute Gasteiger partial charge is 0.128 e. The van der Waals surface area contributed by atoms with Crippen LogP contribution in [0.1, 0.15) is 0 Å². The van der Waals surface area contributed by atoms with Crippen LogP contribution in [0.2, 0.25) is 0 Å². The fraction of sp³-hybridized carbons (Fsp3) is 0.500. The molecule has 0 aromatic carbocycles. The summed E-state index contributed by atoms with van der Waals surface area (Å²) in [5.74, 6) is 10.5. The third-order valence-electron chi connectivity index (χ3n) is 0.880. The van der Waals surface area contributed by atoms with Crippen molar-refractivity contribution in [3.8, 4) is 0 Å². The van der Waals surface area contributed by atoms with E-state index in [9.17, 15) is 0 Å². The van der Waals surface area contributed by atoms with E-state index in [0.29, 0.717) is 11.5 Å². The molecule has 5 nitrogen and oxygen atoms in total. The molecule has 0 unspecified atom stereocenters. The minimum Gasteiger partial charge on any atom is -0.235 e. The van der Waals surface area contributed by atoms with E-state index in [2.05, 4.69) is 5.43 Å². The van der Waals surface area contributed by atoms with Gasteiger partial charge in [0, 0.05) is 0 Å². The molecule has 0 aromatic rings. The number of hydrogen-bond acceptors (Lipinski definition) is 5. The van der Waals surface area contributed by atoms with Crippen LogP contribution in [0.25, 0.3) is 0 Å². The van der Waals surface area contributed by atoms with E-state index in [4.69, 9.17) is 23.9 Å². The van der Waals surface area contributed by atoms with Crippen molar-refractivity contribution in [1.29, 1.82) is 0 Å². The van der Waals surface area contributed by atoms with Crippen LogP contribution in [-0.4, -0.2) is 21.9 Å². The van der Waals surface area contributed by atoms with E-state index in [0.717, 1.165) is 5.23 Å². The molecule has 0 bridgehead atoms. The van der Waals surface area contributed by atoms with E-state index in [1.54, 1.807) is 0 Å². The van der Waals surface area contributed by atoms with Crippen molar-refractivity contribution in [1.82, 2.24) is 15.8 Å². The average molecular weight is 133 g/mol. The van der Waals surface area contributed by atoms with E-state index in [1.165, 1.54) is 5.12 Å². The van der Waals surface area contributed by atoms with Crippen molar-refractivity contribution in [2.75, 3.05) is 6.54 Å². The molecule has 1 heterocycles. The molecule has 6 heteroatoms. The first-order chi connectivity index (χ1) is 3.72. The predicted molar refractivity (Wildman–Crippen MR) is 32.7 cm³/mol. The lowest BCUT2D eigenvalue weighted by Crippen LogP contribution is -2.51. The molecule has 1 saturated heterocycles. The highest BCUT2D eigenvalue weighted by Gasteiger charge is 2.18. The second-order valence-electron chi connectivity index (χ2n) is 1.42. The molecule has 1 aliphatic heterocycles. The second-order valence-corrected chi connectivity index (χ2v) is 1.89. The van der Waals surface area contributed by atoms with Crippen LogP contribution in [0.3, 0.4) is 0 Å². The number of hydrazine groups is 4. The Morgan fingerprint density at radius 2 is 2.25 bits per heavy atom. The van der Waals surface area contributed by atoms with Gasteiger partial charge in [0.2, 0.25) is 0 Å². The summed E-state index contributed by atoms with van der Waals surface area (Å²) < 4.78 is 0. The van der Waals surface area contributed by atoms with E-state index in [-0.39, 0.29) is 0 Å². The minimum absolute atomic E-state index is 0.544. The zero-order valence-corrected chi connectivity index (χ0v) is 4.98. The number of nitrogens with one attached hydrogen (secondary N) is 1. The Kier molecular flexibility index (Phi) is 1.41. The summed E-state index contributed by atoms with van der Waals surface area (Å²) in [4.78, 5) is 0.590. The van der Waals surface area contributed by atoms with Gasteiger partial charge in [0.1, 0.15) is 4.99 Å². The monoisotopic (exact) mass is 133 g/mol. The highest BCUT2D eigenvalue weighted by molar-refractivity contribution is 7.80. The maximum Gasteiger partial charge on any atom is 0.128 e. The first kappa shape index (κ1) is 5.86. The minimum atomic E-state index is 0.544. The number of rotatable bonds is 0. The average Bonchev–Trinajstić information content (AvgIpc) is 1.98. The van der Waals surface area contributed by atoms with Gasteiger partial charge in [0.15, 0.2) is 0 Å². The zero-order chi connectivity index (χ0) is 6.15.